The second kappa shape index (κ2) is 6.70. The molecule has 5 heteroatoms. The summed E-state index contributed by atoms with van der Waals surface area (Å²) in [7, 11) is 0. The zero-order chi connectivity index (χ0) is 15.3. The minimum absolute atomic E-state index is 0.220. The van der Waals surface area contributed by atoms with Crippen LogP contribution in [0.3, 0.4) is 0 Å². The van der Waals surface area contributed by atoms with Crippen molar-refractivity contribution < 1.29 is 13.9 Å². The molecule has 0 heterocycles. The zero-order valence-corrected chi connectivity index (χ0v) is 12.5. The van der Waals surface area contributed by atoms with E-state index in [-0.39, 0.29) is 18.0 Å². The highest BCUT2D eigenvalue weighted by molar-refractivity contribution is 5.81. The van der Waals surface area contributed by atoms with Crippen molar-refractivity contribution in [3.05, 3.63) is 29.6 Å². The minimum atomic E-state index is -0.701. The fourth-order valence-electron chi connectivity index (χ4n) is 1.59. The average Bonchev–Trinajstić information content (AvgIpc) is 2.37. The van der Waals surface area contributed by atoms with E-state index in [9.17, 15) is 9.18 Å². The van der Waals surface area contributed by atoms with Gasteiger partial charge in [0.25, 0.3) is 5.91 Å². The maximum absolute atomic E-state index is 13.4. The fraction of sp³-hybridized carbons (Fsp3) is 0.533. The van der Waals surface area contributed by atoms with E-state index >= 15 is 0 Å². The van der Waals surface area contributed by atoms with Gasteiger partial charge in [0, 0.05) is 18.2 Å². The first kappa shape index (κ1) is 16.4. The molecule has 0 radical (unpaired) electrons. The van der Waals surface area contributed by atoms with Crippen LogP contribution in [0.2, 0.25) is 0 Å². The lowest BCUT2D eigenvalue weighted by Crippen LogP contribution is -2.48. The monoisotopic (exact) mass is 282 g/mol. The third-order valence-corrected chi connectivity index (χ3v) is 3.19. The van der Waals surface area contributed by atoms with Crippen LogP contribution in [0.5, 0.6) is 5.75 Å². The molecule has 0 aromatic heterocycles. The third-order valence-electron chi connectivity index (χ3n) is 3.19. The van der Waals surface area contributed by atoms with Gasteiger partial charge in [0.2, 0.25) is 0 Å². The number of nitrogens with one attached hydrogen (secondary N) is 1. The predicted octanol–water partition coefficient (Wildman–Crippen LogP) is 2.36. The average molecular weight is 282 g/mol. The van der Waals surface area contributed by atoms with Crippen LogP contribution < -0.4 is 15.8 Å². The Balaban J connectivity index is 2.73. The molecule has 4 nitrogen and oxygen atoms in total. The summed E-state index contributed by atoms with van der Waals surface area (Å²) in [5, 5.41) is 2.89. The van der Waals surface area contributed by atoms with Gasteiger partial charge in [-0.1, -0.05) is 6.92 Å². The van der Waals surface area contributed by atoms with Crippen molar-refractivity contribution in [3.8, 4) is 5.75 Å². The van der Waals surface area contributed by atoms with Gasteiger partial charge >= 0.3 is 0 Å². The maximum atomic E-state index is 13.4. The minimum Gasteiger partial charge on any atom is -0.481 e. The number of amides is 1. The van der Waals surface area contributed by atoms with Crippen molar-refractivity contribution in [2.75, 3.05) is 0 Å². The molecule has 0 saturated carbocycles. The molecule has 1 amide bonds. The Morgan fingerprint density at radius 2 is 2.10 bits per heavy atom. The molecule has 1 unspecified atom stereocenters. The Morgan fingerprint density at radius 3 is 2.65 bits per heavy atom. The molecule has 112 valence electrons. The van der Waals surface area contributed by atoms with Crippen LogP contribution >= 0.6 is 0 Å². The Labute approximate surface area is 119 Å². The van der Waals surface area contributed by atoms with Gasteiger partial charge in [-0.15, -0.1) is 0 Å². The number of nitrogens with two attached hydrogens (primary N) is 1. The van der Waals surface area contributed by atoms with Crippen molar-refractivity contribution in [3.63, 3.8) is 0 Å². The number of hydrogen-bond donors (Lipinski definition) is 2. The van der Waals surface area contributed by atoms with Crippen molar-refractivity contribution in [2.45, 2.75) is 52.3 Å². The van der Waals surface area contributed by atoms with Crippen molar-refractivity contribution in [1.82, 2.24) is 5.32 Å². The highest BCUT2D eigenvalue weighted by atomic mass is 19.1. The number of benzene rings is 1. The molecule has 0 aliphatic heterocycles. The van der Waals surface area contributed by atoms with Gasteiger partial charge < -0.3 is 15.8 Å². The summed E-state index contributed by atoms with van der Waals surface area (Å²) in [4.78, 5) is 12.0. The summed E-state index contributed by atoms with van der Waals surface area (Å²) in [6, 6.07) is 4.23. The predicted molar refractivity (Wildman–Crippen MR) is 76.9 cm³/mol. The molecular formula is C15H23FN2O2. The second-order valence-electron chi connectivity index (χ2n) is 5.49. The lowest BCUT2D eigenvalue weighted by atomic mass is 10.0. The van der Waals surface area contributed by atoms with E-state index in [1.54, 1.807) is 13.0 Å². The van der Waals surface area contributed by atoms with Crippen LogP contribution in [0.1, 0.15) is 39.7 Å². The number of carbonyl (C=O) groups is 1. The second-order valence-corrected chi connectivity index (χ2v) is 5.49. The number of hydrogen-bond acceptors (Lipinski definition) is 3. The molecule has 0 aliphatic rings. The molecule has 0 spiro atoms. The standard InChI is InChI=1S/C15H23FN2O2/c1-5-15(3,4)18-14(19)10(2)20-13-7-11(9-17)6-12(16)8-13/h6-8,10H,5,9,17H2,1-4H3,(H,18,19). The Bertz CT molecular complexity index is 475. The lowest BCUT2D eigenvalue weighted by molar-refractivity contribution is -0.129. The van der Waals surface area contributed by atoms with Crippen LogP contribution in [0.15, 0.2) is 18.2 Å². The van der Waals surface area contributed by atoms with Gasteiger partial charge in [-0.25, -0.2) is 4.39 Å². The van der Waals surface area contributed by atoms with Gasteiger partial charge in [-0.3, -0.25) is 4.79 Å². The molecule has 0 saturated heterocycles. The van der Waals surface area contributed by atoms with Crippen LogP contribution in [0.4, 0.5) is 4.39 Å². The maximum Gasteiger partial charge on any atom is 0.261 e. The molecule has 1 aromatic carbocycles. The topological polar surface area (TPSA) is 64.3 Å². The quantitative estimate of drug-likeness (QED) is 0.842. The molecule has 0 fully saturated rings. The van der Waals surface area contributed by atoms with Crippen LogP contribution in [0.25, 0.3) is 0 Å². The zero-order valence-electron chi connectivity index (χ0n) is 12.5. The SMILES string of the molecule is CCC(C)(C)NC(=O)C(C)Oc1cc(F)cc(CN)c1. The van der Waals surface area contributed by atoms with Crippen molar-refractivity contribution in [2.24, 2.45) is 5.73 Å². The number of ether oxygens (including phenoxy) is 1. The summed E-state index contributed by atoms with van der Waals surface area (Å²) in [5.74, 6) is -0.345. The van der Waals surface area contributed by atoms with Gasteiger partial charge in [0.1, 0.15) is 11.6 Å². The molecule has 0 aliphatic carbocycles. The van der Waals surface area contributed by atoms with Crippen LogP contribution in [-0.2, 0) is 11.3 Å². The van der Waals surface area contributed by atoms with Crippen LogP contribution in [0, 0.1) is 5.82 Å². The summed E-state index contributed by atoms with van der Waals surface area (Å²) in [5.41, 5.74) is 5.81. The number of carbonyl (C=O) groups excluding carboxylic acids is 1. The molecule has 1 rings (SSSR count). The van der Waals surface area contributed by atoms with Gasteiger partial charge in [-0.2, -0.15) is 0 Å². The van der Waals surface area contributed by atoms with E-state index in [1.807, 2.05) is 20.8 Å². The van der Waals surface area contributed by atoms with E-state index in [0.29, 0.717) is 11.3 Å². The normalized spacial score (nSPS) is 12.9. The highest BCUT2D eigenvalue weighted by Crippen LogP contribution is 2.18. The lowest BCUT2D eigenvalue weighted by Gasteiger charge is -2.26. The van der Waals surface area contributed by atoms with Gasteiger partial charge in [-0.05, 0) is 44.9 Å². The largest absolute Gasteiger partial charge is 0.481 e. The number of rotatable bonds is 6. The summed E-state index contributed by atoms with van der Waals surface area (Å²) < 4.78 is 18.8. The first-order valence-electron chi connectivity index (χ1n) is 6.75. The first-order chi connectivity index (χ1) is 9.27. The van der Waals surface area contributed by atoms with Gasteiger partial charge in [0.05, 0.1) is 0 Å². The van der Waals surface area contributed by atoms with Gasteiger partial charge in [0.15, 0.2) is 6.10 Å². The van der Waals surface area contributed by atoms with Crippen molar-refractivity contribution in [1.29, 1.82) is 0 Å². The Hall–Kier alpha value is -1.62. The summed E-state index contributed by atoms with van der Waals surface area (Å²) in [6.07, 6.45) is 0.108. The summed E-state index contributed by atoms with van der Waals surface area (Å²) in [6.45, 7) is 7.72. The van der Waals surface area contributed by atoms with E-state index in [2.05, 4.69) is 5.32 Å². The van der Waals surface area contributed by atoms with Crippen molar-refractivity contribution >= 4 is 5.91 Å². The summed E-state index contributed by atoms with van der Waals surface area (Å²) >= 11 is 0. The molecule has 20 heavy (non-hydrogen) atoms. The smallest absolute Gasteiger partial charge is 0.261 e. The van der Waals surface area contributed by atoms with E-state index in [0.717, 1.165) is 6.42 Å². The molecule has 0 bridgehead atoms. The van der Waals surface area contributed by atoms with E-state index in [1.165, 1.54) is 12.1 Å². The molecular weight excluding hydrogens is 259 g/mol. The highest BCUT2D eigenvalue weighted by Gasteiger charge is 2.23. The van der Waals surface area contributed by atoms with E-state index in [4.69, 9.17) is 10.5 Å². The third kappa shape index (κ3) is 4.81. The van der Waals surface area contributed by atoms with Crippen LogP contribution in [-0.4, -0.2) is 17.6 Å². The first-order valence-corrected chi connectivity index (χ1v) is 6.75. The molecule has 3 N–H and O–H groups in total. The molecule has 1 aromatic rings. The fourth-order valence-corrected chi connectivity index (χ4v) is 1.59. The Morgan fingerprint density at radius 1 is 1.45 bits per heavy atom. The van der Waals surface area contributed by atoms with E-state index < -0.39 is 11.9 Å². The number of halogens is 1. The Kier molecular flexibility index (Phi) is 5.51. The molecule has 1 atom stereocenters.